The summed E-state index contributed by atoms with van der Waals surface area (Å²) in [6.45, 7) is 4.81. The van der Waals surface area contributed by atoms with Gasteiger partial charge in [0.05, 0.1) is 6.10 Å². The van der Waals surface area contributed by atoms with Crippen molar-refractivity contribution < 1.29 is 9.90 Å². The normalized spacial score (nSPS) is 11.9. The van der Waals surface area contributed by atoms with Gasteiger partial charge in [0.1, 0.15) is 0 Å². The van der Waals surface area contributed by atoms with E-state index in [4.69, 9.17) is 0 Å². The first-order valence-electron chi connectivity index (χ1n) is 7.40. The lowest BCUT2D eigenvalue weighted by atomic mass is 10.1. The van der Waals surface area contributed by atoms with E-state index in [1.165, 1.54) is 0 Å². The van der Waals surface area contributed by atoms with E-state index in [-0.39, 0.29) is 12.6 Å². The number of anilines is 1. The summed E-state index contributed by atoms with van der Waals surface area (Å²) in [5.74, 6) is 0. The average molecular weight is 293 g/mol. The van der Waals surface area contributed by atoms with Crippen molar-refractivity contribution in [3.05, 3.63) is 29.3 Å². The minimum absolute atomic E-state index is 0.249. The van der Waals surface area contributed by atoms with Gasteiger partial charge in [0, 0.05) is 32.9 Å². The van der Waals surface area contributed by atoms with Crippen LogP contribution >= 0.6 is 0 Å². The molecule has 0 saturated heterocycles. The topological polar surface area (TPSA) is 64.6 Å². The van der Waals surface area contributed by atoms with Crippen molar-refractivity contribution in [1.29, 1.82) is 0 Å². The van der Waals surface area contributed by atoms with E-state index in [1.807, 2.05) is 45.0 Å². The number of aliphatic hydroxyl groups is 1. The highest BCUT2D eigenvalue weighted by molar-refractivity contribution is 5.73. The zero-order valence-electron chi connectivity index (χ0n) is 13.4. The minimum Gasteiger partial charge on any atom is -0.391 e. The molecule has 1 rings (SSSR count). The molecule has 0 bridgehead atoms. The Morgan fingerprint density at radius 2 is 2.05 bits per heavy atom. The summed E-state index contributed by atoms with van der Waals surface area (Å²) in [4.78, 5) is 13.7. The summed E-state index contributed by atoms with van der Waals surface area (Å²) >= 11 is 0. The third kappa shape index (κ3) is 6.04. The zero-order valence-corrected chi connectivity index (χ0v) is 13.4. The number of urea groups is 1. The molecule has 21 heavy (non-hydrogen) atoms. The molecule has 0 aromatic heterocycles. The summed E-state index contributed by atoms with van der Waals surface area (Å²) in [5, 5.41) is 15.1. The standard InChI is InChI=1S/C16H27N3O2/c1-5-6-15(20)11-18-16(21)17-10-13-7-8-14(19(3)4)9-12(13)2/h7-9,15,20H,5-6,10-11H2,1-4H3,(H2,17,18,21). The van der Waals surface area contributed by atoms with Crippen LogP contribution in [0.2, 0.25) is 0 Å². The first-order valence-corrected chi connectivity index (χ1v) is 7.40. The first-order chi connectivity index (χ1) is 9.93. The van der Waals surface area contributed by atoms with Crippen LogP contribution < -0.4 is 15.5 Å². The summed E-state index contributed by atoms with van der Waals surface area (Å²) in [6.07, 6.45) is 1.13. The molecule has 0 saturated carbocycles. The second kappa shape index (κ2) is 8.52. The number of aryl methyl sites for hydroxylation is 1. The van der Waals surface area contributed by atoms with Gasteiger partial charge in [-0.25, -0.2) is 4.79 Å². The second-order valence-electron chi connectivity index (χ2n) is 5.51. The molecule has 0 heterocycles. The smallest absolute Gasteiger partial charge is 0.315 e. The van der Waals surface area contributed by atoms with Crippen LogP contribution in [-0.2, 0) is 6.54 Å². The molecular weight excluding hydrogens is 266 g/mol. The Kier molecular flexibility index (Phi) is 7.02. The summed E-state index contributed by atoms with van der Waals surface area (Å²) < 4.78 is 0. The van der Waals surface area contributed by atoms with Gasteiger partial charge < -0.3 is 20.6 Å². The number of amides is 2. The van der Waals surface area contributed by atoms with Crippen molar-refractivity contribution >= 4 is 11.7 Å². The minimum atomic E-state index is -0.470. The van der Waals surface area contributed by atoms with E-state index in [1.54, 1.807) is 0 Å². The Bertz CT molecular complexity index is 461. The van der Waals surface area contributed by atoms with Gasteiger partial charge in [0.2, 0.25) is 0 Å². The highest BCUT2D eigenvalue weighted by Gasteiger charge is 2.07. The third-order valence-corrected chi connectivity index (χ3v) is 3.40. The molecule has 0 aliphatic rings. The fourth-order valence-electron chi connectivity index (χ4n) is 2.04. The van der Waals surface area contributed by atoms with Crippen molar-refractivity contribution in [2.45, 2.75) is 39.3 Å². The number of carbonyl (C=O) groups excluding carboxylic acids is 1. The number of hydrogen-bond donors (Lipinski definition) is 3. The van der Waals surface area contributed by atoms with Gasteiger partial charge in [-0.1, -0.05) is 19.4 Å². The molecule has 0 fully saturated rings. The molecule has 0 aliphatic heterocycles. The lowest BCUT2D eigenvalue weighted by Gasteiger charge is -2.16. The van der Waals surface area contributed by atoms with Crippen molar-refractivity contribution in [3.8, 4) is 0 Å². The summed E-state index contributed by atoms with van der Waals surface area (Å²) in [6, 6.07) is 5.91. The van der Waals surface area contributed by atoms with Crippen LogP contribution in [0.15, 0.2) is 18.2 Å². The molecule has 1 unspecified atom stereocenters. The highest BCUT2D eigenvalue weighted by atomic mass is 16.3. The lowest BCUT2D eigenvalue weighted by molar-refractivity contribution is 0.160. The molecule has 2 amide bonds. The Morgan fingerprint density at radius 3 is 2.62 bits per heavy atom. The van der Waals surface area contributed by atoms with Gasteiger partial charge in [-0.15, -0.1) is 0 Å². The summed E-state index contributed by atoms with van der Waals surface area (Å²) in [5.41, 5.74) is 3.38. The van der Waals surface area contributed by atoms with Crippen LogP contribution in [0, 0.1) is 6.92 Å². The Labute approximate surface area is 127 Å². The highest BCUT2D eigenvalue weighted by Crippen LogP contribution is 2.17. The maximum absolute atomic E-state index is 11.7. The predicted octanol–water partition coefficient (Wildman–Crippen LogP) is 2.02. The fraction of sp³-hybridized carbons (Fsp3) is 0.562. The van der Waals surface area contributed by atoms with Gasteiger partial charge in [-0.05, 0) is 36.6 Å². The Balaban J connectivity index is 2.43. The van der Waals surface area contributed by atoms with Gasteiger partial charge >= 0.3 is 6.03 Å². The number of hydrogen-bond acceptors (Lipinski definition) is 3. The van der Waals surface area contributed by atoms with Crippen LogP contribution in [0.25, 0.3) is 0 Å². The number of nitrogens with one attached hydrogen (secondary N) is 2. The van der Waals surface area contributed by atoms with Gasteiger partial charge in [-0.2, -0.15) is 0 Å². The fourth-order valence-corrected chi connectivity index (χ4v) is 2.04. The van der Waals surface area contributed by atoms with E-state index in [9.17, 15) is 9.90 Å². The maximum Gasteiger partial charge on any atom is 0.315 e. The average Bonchev–Trinajstić information content (AvgIpc) is 2.44. The largest absolute Gasteiger partial charge is 0.391 e. The van der Waals surface area contributed by atoms with Gasteiger partial charge in [0.15, 0.2) is 0 Å². The monoisotopic (exact) mass is 293 g/mol. The molecule has 118 valence electrons. The molecular formula is C16H27N3O2. The van der Waals surface area contributed by atoms with Crippen LogP contribution in [0.1, 0.15) is 30.9 Å². The molecule has 0 aliphatic carbocycles. The van der Waals surface area contributed by atoms with Gasteiger partial charge in [-0.3, -0.25) is 0 Å². The van der Waals surface area contributed by atoms with E-state index >= 15 is 0 Å². The molecule has 1 atom stereocenters. The Hall–Kier alpha value is -1.75. The molecule has 5 nitrogen and oxygen atoms in total. The lowest BCUT2D eigenvalue weighted by Crippen LogP contribution is -2.39. The number of carbonyl (C=O) groups is 1. The number of benzene rings is 1. The van der Waals surface area contributed by atoms with Crippen LogP contribution in [0.3, 0.4) is 0 Å². The van der Waals surface area contributed by atoms with Crippen molar-refractivity contribution in [3.63, 3.8) is 0 Å². The van der Waals surface area contributed by atoms with Crippen LogP contribution in [0.4, 0.5) is 10.5 Å². The van der Waals surface area contributed by atoms with E-state index < -0.39 is 6.10 Å². The van der Waals surface area contributed by atoms with Crippen molar-refractivity contribution in [2.24, 2.45) is 0 Å². The quantitative estimate of drug-likeness (QED) is 0.720. The number of rotatable bonds is 7. The second-order valence-corrected chi connectivity index (χ2v) is 5.51. The molecule has 0 spiro atoms. The van der Waals surface area contributed by atoms with Gasteiger partial charge in [0.25, 0.3) is 0 Å². The molecule has 5 heteroatoms. The maximum atomic E-state index is 11.7. The van der Waals surface area contributed by atoms with E-state index in [0.29, 0.717) is 13.0 Å². The molecule has 1 aromatic carbocycles. The zero-order chi connectivity index (χ0) is 15.8. The molecule has 3 N–H and O–H groups in total. The third-order valence-electron chi connectivity index (χ3n) is 3.40. The van der Waals surface area contributed by atoms with E-state index in [0.717, 1.165) is 23.2 Å². The number of aliphatic hydroxyl groups excluding tert-OH is 1. The van der Waals surface area contributed by atoms with E-state index in [2.05, 4.69) is 16.7 Å². The van der Waals surface area contributed by atoms with Crippen molar-refractivity contribution in [1.82, 2.24) is 10.6 Å². The molecule has 0 radical (unpaired) electrons. The predicted molar refractivity (Wildman–Crippen MR) is 86.7 cm³/mol. The summed E-state index contributed by atoms with van der Waals surface area (Å²) in [7, 11) is 4.00. The molecule has 1 aromatic rings. The SMILES string of the molecule is CCCC(O)CNC(=O)NCc1ccc(N(C)C)cc1C. The van der Waals surface area contributed by atoms with Crippen LogP contribution in [-0.4, -0.2) is 37.9 Å². The Morgan fingerprint density at radius 1 is 1.33 bits per heavy atom. The van der Waals surface area contributed by atoms with Crippen LogP contribution in [0.5, 0.6) is 0 Å². The van der Waals surface area contributed by atoms with Crippen molar-refractivity contribution in [2.75, 3.05) is 25.5 Å². The first kappa shape index (κ1) is 17.3. The number of nitrogens with zero attached hydrogens (tertiary/aromatic N) is 1.